The molecule has 1 aliphatic heterocycles. The minimum Gasteiger partial charge on any atom is -0.387 e. The number of nitrogens with zero attached hydrogens (tertiary/aromatic N) is 5. The Labute approximate surface area is 198 Å². The molecule has 0 unspecified atom stereocenters. The second-order valence-electron chi connectivity index (χ2n) is 7.99. The summed E-state index contributed by atoms with van der Waals surface area (Å²) in [5, 5.41) is 26.6. The summed E-state index contributed by atoms with van der Waals surface area (Å²) in [6.07, 6.45) is -1.42. The Bertz CT molecular complexity index is 1370. The van der Waals surface area contributed by atoms with Gasteiger partial charge in [-0.1, -0.05) is 30.3 Å². The Morgan fingerprint density at radius 3 is 2.71 bits per heavy atom. The van der Waals surface area contributed by atoms with Gasteiger partial charge >= 0.3 is 0 Å². The SMILES string of the molecule is CNC(=O)[C@H]1O[C@@H](n2cnc3c(NCc4ccccc4)nc(-c4cncc(F)c4)nc32)[C@H](O)[C@@H]1O. The van der Waals surface area contributed by atoms with E-state index in [4.69, 9.17) is 4.74 Å². The molecule has 1 amide bonds. The van der Waals surface area contributed by atoms with E-state index in [9.17, 15) is 19.4 Å². The first-order chi connectivity index (χ1) is 17.0. The number of nitrogens with one attached hydrogen (secondary N) is 2. The number of hydrogen-bond donors (Lipinski definition) is 4. The van der Waals surface area contributed by atoms with E-state index in [-0.39, 0.29) is 11.5 Å². The molecule has 1 saturated heterocycles. The zero-order valence-corrected chi connectivity index (χ0v) is 18.5. The maximum absolute atomic E-state index is 13.9. The third kappa shape index (κ3) is 4.30. The van der Waals surface area contributed by atoms with Gasteiger partial charge in [0.15, 0.2) is 35.1 Å². The second-order valence-corrected chi connectivity index (χ2v) is 7.99. The minimum atomic E-state index is -1.46. The number of benzene rings is 1. The van der Waals surface area contributed by atoms with Crippen LogP contribution in [0.2, 0.25) is 0 Å². The van der Waals surface area contributed by atoms with E-state index < -0.39 is 36.3 Å². The lowest BCUT2D eigenvalue weighted by Crippen LogP contribution is -2.41. The Morgan fingerprint density at radius 2 is 1.97 bits per heavy atom. The zero-order valence-electron chi connectivity index (χ0n) is 18.5. The van der Waals surface area contributed by atoms with E-state index in [0.29, 0.717) is 23.4 Å². The molecule has 11 nitrogen and oxygen atoms in total. The standard InChI is InChI=1S/C23H22FN7O4/c1-25-22(34)18-16(32)17(33)23(35-18)31-11-28-15-20(27-8-12-5-3-2-4-6-12)29-19(30-21(15)31)13-7-14(24)10-26-9-13/h2-7,9-11,16-18,23,32-33H,8H2,1H3,(H,25,34)(H,27,29,30)/t16-,17+,18-,23+/m0/s1. The highest BCUT2D eigenvalue weighted by molar-refractivity contribution is 5.85. The first kappa shape index (κ1) is 22.8. The second kappa shape index (κ2) is 9.33. The van der Waals surface area contributed by atoms with Crippen molar-refractivity contribution in [2.24, 2.45) is 0 Å². The topological polar surface area (TPSA) is 147 Å². The summed E-state index contributed by atoms with van der Waals surface area (Å²) in [5.74, 6) is -0.593. The lowest BCUT2D eigenvalue weighted by atomic mass is 10.1. The van der Waals surface area contributed by atoms with Crippen molar-refractivity contribution in [3.63, 3.8) is 0 Å². The number of amides is 1. The highest BCUT2D eigenvalue weighted by Crippen LogP contribution is 2.33. The maximum Gasteiger partial charge on any atom is 0.251 e. The number of pyridine rings is 1. The minimum absolute atomic E-state index is 0.165. The van der Waals surface area contributed by atoms with Crippen LogP contribution in [0.1, 0.15) is 11.8 Å². The number of fused-ring (bicyclic) bond motifs is 1. The van der Waals surface area contributed by atoms with Crippen molar-refractivity contribution < 1.29 is 24.1 Å². The quantitative estimate of drug-likeness (QED) is 0.318. The molecule has 0 radical (unpaired) electrons. The average Bonchev–Trinajstić information content (AvgIpc) is 3.43. The molecule has 180 valence electrons. The van der Waals surface area contributed by atoms with Gasteiger partial charge in [-0.2, -0.15) is 0 Å². The van der Waals surface area contributed by atoms with Crippen LogP contribution in [0.4, 0.5) is 10.2 Å². The summed E-state index contributed by atoms with van der Waals surface area (Å²) in [7, 11) is 1.40. The van der Waals surface area contributed by atoms with Crippen molar-refractivity contribution in [2.45, 2.75) is 31.1 Å². The summed E-state index contributed by atoms with van der Waals surface area (Å²) >= 11 is 0. The fourth-order valence-electron chi connectivity index (χ4n) is 3.92. The third-order valence-electron chi connectivity index (χ3n) is 5.70. The molecule has 3 aromatic heterocycles. The van der Waals surface area contributed by atoms with Gasteiger partial charge in [0.2, 0.25) is 0 Å². The van der Waals surface area contributed by atoms with Gasteiger partial charge in [-0.15, -0.1) is 0 Å². The molecule has 4 heterocycles. The van der Waals surface area contributed by atoms with Crippen LogP contribution in [0.25, 0.3) is 22.6 Å². The van der Waals surface area contributed by atoms with Crippen LogP contribution in [0.15, 0.2) is 55.1 Å². The van der Waals surface area contributed by atoms with E-state index in [0.717, 1.165) is 11.8 Å². The van der Waals surface area contributed by atoms with E-state index in [1.807, 2.05) is 30.3 Å². The number of anilines is 1. The number of halogens is 1. The Hall–Kier alpha value is -4.00. The number of carbonyl (C=O) groups is 1. The summed E-state index contributed by atoms with van der Waals surface area (Å²) in [6.45, 7) is 0.431. The molecule has 4 aromatic rings. The van der Waals surface area contributed by atoms with Crippen LogP contribution in [0.3, 0.4) is 0 Å². The number of likely N-dealkylation sites (N-methyl/N-ethyl adjacent to an activating group) is 1. The number of ether oxygens (including phenoxy) is 1. The third-order valence-corrected chi connectivity index (χ3v) is 5.70. The van der Waals surface area contributed by atoms with Gasteiger partial charge in [-0.05, 0) is 11.6 Å². The van der Waals surface area contributed by atoms with Gasteiger partial charge in [0.05, 0.1) is 12.5 Å². The summed E-state index contributed by atoms with van der Waals surface area (Å²) in [6, 6.07) is 10.9. The Kier molecular flexibility index (Phi) is 6.07. The van der Waals surface area contributed by atoms with E-state index in [1.54, 1.807) is 0 Å². The fraction of sp³-hybridized carbons (Fsp3) is 0.261. The number of imidazole rings is 1. The van der Waals surface area contributed by atoms with E-state index in [1.165, 1.54) is 30.2 Å². The van der Waals surface area contributed by atoms with E-state index >= 15 is 0 Å². The van der Waals surface area contributed by atoms with Crippen LogP contribution in [0, 0.1) is 5.82 Å². The summed E-state index contributed by atoms with van der Waals surface area (Å²) in [4.78, 5) is 29.4. The molecule has 0 spiro atoms. The molecule has 5 rings (SSSR count). The molecule has 4 N–H and O–H groups in total. The number of aromatic nitrogens is 5. The van der Waals surface area contributed by atoms with Crippen molar-refractivity contribution in [2.75, 3.05) is 12.4 Å². The molecule has 0 bridgehead atoms. The molecule has 4 atom stereocenters. The van der Waals surface area contributed by atoms with Crippen LogP contribution in [0.5, 0.6) is 0 Å². The molecule has 1 aliphatic rings. The van der Waals surface area contributed by atoms with Crippen molar-refractivity contribution >= 4 is 22.9 Å². The van der Waals surface area contributed by atoms with Crippen LogP contribution >= 0.6 is 0 Å². The first-order valence-corrected chi connectivity index (χ1v) is 10.8. The van der Waals surface area contributed by atoms with Crippen molar-refractivity contribution in [3.8, 4) is 11.4 Å². The number of carbonyl (C=O) groups excluding carboxylic acids is 1. The predicted octanol–water partition coefficient (Wildman–Crippen LogP) is 1.00. The molecule has 0 aliphatic carbocycles. The van der Waals surface area contributed by atoms with Crippen molar-refractivity contribution in [1.82, 2.24) is 29.8 Å². The predicted molar refractivity (Wildman–Crippen MR) is 122 cm³/mol. The van der Waals surface area contributed by atoms with Gasteiger partial charge < -0.3 is 25.6 Å². The van der Waals surface area contributed by atoms with Gasteiger partial charge in [-0.25, -0.2) is 19.3 Å². The Balaban J connectivity index is 1.58. The maximum atomic E-state index is 13.9. The van der Waals surface area contributed by atoms with Crippen LogP contribution in [-0.4, -0.2) is 66.0 Å². The lowest BCUT2D eigenvalue weighted by molar-refractivity contribution is -0.137. The summed E-state index contributed by atoms with van der Waals surface area (Å²) in [5.41, 5.74) is 1.95. The zero-order chi connectivity index (χ0) is 24.5. The van der Waals surface area contributed by atoms with Crippen molar-refractivity contribution in [1.29, 1.82) is 0 Å². The number of rotatable bonds is 6. The molecular formula is C23H22FN7O4. The monoisotopic (exact) mass is 479 g/mol. The fourth-order valence-corrected chi connectivity index (χ4v) is 3.92. The van der Waals surface area contributed by atoms with E-state index in [2.05, 4.69) is 30.6 Å². The highest BCUT2D eigenvalue weighted by atomic mass is 19.1. The first-order valence-electron chi connectivity index (χ1n) is 10.8. The molecule has 1 fully saturated rings. The normalized spacial score (nSPS) is 21.8. The van der Waals surface area contributed by atoms with Gasteiger partial charge in [0.1, 0.15) is 18.0 Å². The smallest absolute Gasteiger partial charge is 0.251 e. The van der Waals surface area contributed by atoms with Crippen molar-refractivity contribution in [3.05, 3.63) is 66.5 Å². The largest absolute Gasteiger partial charge is 0.387 e. The lowest BCUT2D eigenvalue weighted by Gasteiger charge is -2.17. The van der Waals surface area contributed by atoms with Gasteiger partial charge in [-0.3, -0.25) is 14.3 Å². The average molecular weight is 479 g/mol. The molecule has 12 heteroatoms. The number of aliphatic hydroxyl groups excluding tert-OH is 2. The molecule has 35 heavy (non-hydrogen) atoms. The van der Waals surface area contributed by atoms with Crippen LogP contribution < -0.4 is 10.6 Å². The number of aliphatic hydroxyl groups is 2. The van der Waals surface area contributed by atoms with Gasteiger partial charge in [0.25, 0.3) is 5.91 Å². The molecular weight excluding hydrogens is 457 g/mol. The van der Waals surface area contributed by atoms with Gasteiger partial charge in [0, 0.05) is 25.4 Å². The number of hydrogen-bond acceptors (Lipinski definition) is 9. The van der Waals surface area contributed by atoms with Crippen LogP contribution in [-0.2, 0) is 16.1 Å². The molecule has 0 saturated carbocycles. The molecule has 1 aromatic carbocycles. The Morgan fingerprint density at radius 1 is 1.17 bits per heavy atom. The highest BCUT2D eigenvalue weighted by Gasteiger charge is 2.47. The summed E-state index contributed by atoms with van der Waals surface area (Å²) < 4.78 is 21.0.